The Morgan fingerprint density at radius 3 is 2.56 bits per heavy atom. The quantitative estimate of drug-likeness (QED) is 0.441. The number of hydrogen-bond donors (Lipinski definition) is 1. The molecule has 2 aromatic carbocycles. The second-order valence-electron chi connectivity index (χ2n) is 6.37. The average Bonchev–Trinajstić information content (AvgIpc) is 3.00. The van der Waals surface area contributed by atoms with Crippen molar-refractivity contribution in [3.8, 4) is 17.0 Å². The number of fused-ring (bicyclic) bond motifs is 1. The van der Waals surface area contributed by atoms with Crippen LogP contribution < -0.4 is 4.74 Å². The Morgan fingerprint density at radius 2 is 1.88 bits per heavy atom. The number of rotatable bonds is 7. The molecule has 1 N–H and O–H groups in total. The average molecular weight is 334 g/mol. The molecule has 1 aromatic heterocycles. The minimum absolute atomic E-state index is 0.865. The molecule has 3 nitrogen and oxygen atoms in total. The lowest BCUT2D eigenvalue weighted by Gasteiger charge is -2.04. The highest BCUT2D eigenvalue weighted by Crippen LogP contribution is 2.31. The first-order chi connectivity index (χ1) is 12.3. The van der Waals surface area contributed by atoms with Crippen LogP contribution in [0.4, 0.5) is 0 Å². The number of H-pyrrole nitrogens is 1. The summed E-state index contributed by atoms with van der Waals surface area (Å²) >= 11 is 0. The highest BCUT2D eigenvalue weighted by atomic mass is 16.5. The lowest BCUT2D eigenvalue weighted by atomic mass is 10.0. The minimum atomic E-state index is 0.865. The van der Waals surface area contributed by atoms with Crippen LogP contribution in [0, 0.1) is 0 Å². The molecule has 3 rings (SSSR count). The SMILES string of the molecule is CCCCCc1ccc2[nH]c(-c3ccc(OC)cc3)c(C=NC)c2c1. The van der Waals surface area contributed by atoms with Crippen molar-refractivity contribution >= 4 is 17.1 Å². The minimum Gasteiger partial charge on any atom is -0.497 e. The Kier molecular flexibility index (Phi) is 5.54. The molecule has 0 fully saturated rings. The summed E-state index contributed by atoms with van der Waals surface area (Å²) in [6.07, 6.45) is 6.87. The van der Waals surface area contributed by atoms with E-state index in [2.05, 4.69) is 47.2 Å². The molecule has 0 unspecified atom stereocenters. The number of aromatic amines is 1. The van der Waals surface area contributed by atoms with Crippen molar-refractivity contribution in [3.63, 3.8) is 0 Å². The number of nitrogens with one attached hydrogen (secondary N) is 1. The van der Waals surface area contributed by atoms with E-state index in [1.54, 1.807) is 7.11 Å². The van der Waals surface area contributed by atoms with Gasteiger partial charge in [-0.25, -0.2) is 0 Å². The number of aliphatic imine (C=N–C) groups is 1. The Balaban J connectivity index is 2.04. The van der Waals surface area contributed by atoms with Gasteiger partial charge in [-0.2, -0.15) is 0 Å². The van der Waals surface area contributed by atoms with Crippen molar-refractivity contribution in [2.45, 2.75) is 32.6 Å². The maximum atomic E-state index is 5.27. The van der Waals surface area contributed by atoms with Crippen LogP contribution in [0.5, 0.6) is 5.75 Å². The number of hydrogen-bond acceptors (Lipinski definition) is 2. The molecule has 3 heteroatoms. The summed E-state index contributed by atoms with van der Waals surface area (Å²) in [4.78, 5) is 7.85. The first-order valence-electron chi connectivity index (χ1n) is 8.98. The summed E-state index contributed by atoms with van der Waals surface area (Å²) in [7, 11) is 3.51. The first-order valence-corrected chi connectivity index (χ1v) is 8.98. The van der Waals surface area contributed by atoms with Crippen molar-refractivity contribution in [3.05, 3.63) is 53.6 Å². The van der Waals surface area contributed by atoms with E-state index in [0.717, 1.165) is 34.5 Å². The molecule has 0 aliphatic carbocycles. The van der Waals surface area contributed by atoms with Gasteiger partial charge in [-0.3, -0.25) is 4.99 Å². The topological polar surface area (TPSA) is 37.4 Å². The Bertz CT molecular complexity index is 860. The van der Waals surface area contributed by atoms with E-state index in [-0.39, 0.29) is 0 Å². The van der Waals surface area contributed by atoms with E-state index in [0.29, 0.717) is 0 Å². The van der Waals surface area contributed by atoms with Gasteiger partial charge in [0, 0.05) is 29.7 Å². The van der Waals surface area contributed by atoms with Gasteiger partial charge in [0.25, 0.3) is 0 Å². The summed E-state index contributed by atoms with van der Waals surface area (Å²) < 4.78 is 5.27. The van der Waals surface area contributed by atoms with E-state index in [9.17, 15) is 0 Å². The molecule has 1 heterocycles. The number of ether oxygens (including phenoxy) is 1. The molecule has 0 saturated carbocycles. The van der Waals surface area contributed by atoms with Gasteiger partial charge in [-0.1, -0.05) is 25.8 Å². The van der Waals surface area contributed by atoms with Crippen LogP contribution in [0.25, 0.3) is 22.2 Å². The van der Waals surface area contributed by atoms with Crippen molar-refractivity contribution in [2.24, 2.45) is 4.99 Å². The van der Waals surface area contributed by atoms with Crippen LogP contribution in [0.2, 0.25) is 0 Å². The molecule has 130 valence electrons. The lowest BCUT2D eigenvalue weighted by molar-refractivity contribution is 0.415. The zero-order chi connectivity index (χ0) is 17.6. The third kappa shape index (κ3) is 3.76. The van der Waals surface area contributed by atoms with Gasteiger partial charge in [0.15, 0.2) is 0 Å². The number of methoxy groups -OCH3 is 1. The van der Waals surface area contributed by atoms with E-state index in [4.69, 9.17) is 4.74 Å². The monoisotopic (exact) mass is 334 g/mol. The molecule has 25 heavy (non-hydrogen) atoms. The summed E-state index contributed by atoms with van der Waals surface area (Å²) in [5, 5.41) is 1.24. The van der Waals surface area contributed by atoms with Crippen LogP contribution in [0.1, 0.15) is 37.3 Å². The van der Waals surface area contributed by atoms with E-state index in [1.165, 1.54) is 30.2 Å². The predicted octanol–water partition coefficient (Wildman–Crippen LogP) is 5.62. The van der Waals surface area contributed by atoms with Crippen LogP contribution in [-0.4, -0.2) is 25.4 Å². The molecule has 0 bridgehead atoms. The lowest BCUT2D eigenvalue weighted by Crippen LogP contribution is -1.88. The normalized spacial score (nSPS) is 11.5. The molecule has 0 saturated heterocycles. The second-order valence-corrected chi connectivity index (χ2v) is 6.37. The maximum absolute atomic E-state index is 5.27. The van der Waals surface area contributed by atoms with E-state index >= 15 is 0 Å². The molecule has 0 aliphatic rings. The smallest absolute Gasteiger partial charge is 0.118 e. The Hall–Kier alpha value is -2.55. The number of aryl methyl sites for hydroxylation is 1. The van der Waals surface area contributed by atoms with Gasteiger partial charge in [0.05, 0.1) is 12.8 Å². The third-order valence-electron chi connectivity index (χ3n) is 4.61. The van der Waals surface area contributed by atoms with Gasteiger partial charge in [-0.15, -0.1) is 0 Å². The highest BCUT2D eigenvalue weighted by Gasteiger charge is 2.12. The van der Waals surface area contributed by atoms with Gasteiger partial charge in [-0.05, 0) is 60.4 Å². The molecule has 3 aromatic rings. The van der Waals surface area contributed by atoms with E-state index in [1.807, 2.05) is 25.4 Å². The fraction of sp³-hybridized carbons (Fsp3) is 0.318. The van der Waals surface area contributed by atoms with Crippen LogP contribution in [0.15, 0.2) is 47.5 Å². The molecule has 0 amide bonds. The van der Waals surface area contributed by atoms with Gasteiger partial charge >= 0.3 is 0 Å². The molecular weight excluding hydrogens is 308 g/mol. The van der Waals surface area contributed by atoms with Crippen molar-refractivity contribution in [2.75, 3.05) is 14.2 Å². The summed E-state index contributed by atoms with van der Waals surface area (Å²) in [5.74, 6) is 0.865. The fourth-order valence-corrected chi connectivity index (χ4v) is 3.24. The van der Waals surface area contributed by atoms with Crippen LogP contribution in [-0.2, 0) is 6.42 Å². The molecular formula is C22H26N2O. The van der Waals surface area contributed by atoms with Crippen LogP contribution in [0.3, 0.4) is 0 Å². The molecule has 0 atom stereocenters. The Labute approximate surface area is 149 Å². The zero-order valence-electron chi connectivity index (χ0n) is 15.3. The van der Waals surface area contributed by atoms with Crippen molar-refractivity contribution in [1.82, 2.24) is 4.98 Å². The maximum Gasteiger partial charge on any atom is 0.118 e. The zero-order valence-corrected chi connectivity index (χ0v) is 15.3. The summed E-state index contributed by atoms with van der Waals surface area (Å²) in [6, 6.07) is 14.9. The second kappa shape index (κ2) is 8.02. The molecule has 0 radical (unpaired) electrons. The summed E-state index contributed by atoms with van der Waals surface area (Å²) in [5.41, 5.74) is 5.94. The van der Waals surface area contributed by atoms with Crippen molar-refractivity contribution in [1.29, 1.82) is 0 Å². The number of unbranched alkanes of at least 4 members (excludes halogenated alkanes) is 2. The van der Waals surface area contributed by atoms with E-state index < -0.39 is 0 Å². The fourth-order valence-electron chi connectivity index (χ4n) is 3.24. The summed E-state index contributed by atoms with van der Waals surface area (Å²) in [6.45, 7) is 2.24. The largest absolute Gasteiger partial charge is 0.497 e. The number of aromatic nitrogens is 1. The van der Waals surface area contributed by atoms with Gasteiger partial charge in [0.2, 0.25) is 0 Å². The Morgan fingerprint density at radius 1 is 1.08 bits per heavy atom. The number of benzene rings is 2. The van der Waals surface area contributed by atoms with Gasteiger partial charge in [0.1, 0.15) is 5.75 Å². The first kappa shape index (κ1) is 17.3. The van der Waals surface area contributed by atoms with Gasteiger partial charge < -0.3 is 9.72 Å². The third-order valence-corrected chi connectivity index (χ3v) is 4.61. The van der Waals surface area contributed by atoms with Crippen LogP contribution >= 0.6 is 0 Å². The predicted molar refractivity (Wildman–Crippen MR) is 107 cm³/mol. The molecule has 0 aliphatic heterocycles. The van der Waals surface area contributed by atoms with Crippen molar-refractivity contribution < 1.29 is 4.74 Å². The highest BCUT2D eigenvalue weighted by molar-refractivity contribution is 6.06. The number of nitrogens with zero attached hydrogens (tertiary/aromatic N) is 1. The molecule has 0 spiro atoms. The standard InChI is InChI=1S/C22H26N2O/c1-4-5-6-7-16-8-13-21-19(14-16)20(15-23-2)22(24-21)17-9-11-18(25-3)12-10-17/h8-15,24H,4-7H2,1-3H3.